The second-order valence-electron chi connectivity index (χ2n) is 6.77. The first-order chi connectivity index (χ1) is 13.5. The van der Waals surface area contributed by atoms with Crippen LogP contribution in [0.1, 0.15) is 36.4 Å². The molecule has 0 bridgehead atoms. The highest BCUT2D eigenvalue weighted by molar-refractivity contribution is 6.30. The Kier molecular flexibility index (Phi) is 6.42. The Hall–Kier alpha value is -2.31. The standard InChI is InChI=1S/C21H23ClFNO4/c1-27-18-9-7-14(22)12-15(18)20(13-6-8-19(28-2)16(23)11-13)24-10-4-3-5-17(24)21(25)26/h6-9,11-12,17,20H,3-5,10H2,1-2H3,(H,25,26). The van der Waals surface area contributed by atoms with Gasteiger partial charge in [-0.05, 0) is 55.3 Å². The predicted octanol–water partition coefficient (Wildman–Crippen LogP) is 4.52. The molecule has 1 N–H and O–H groups in total. The van der Waals surface area contributed by atoms with Crippen LogP contribution in [0, 0.1) is 5.82 Å². The van der Waals surface area contributed by atoms with Crippen molar-refractivity contribution >= 4 is 17.6 Å². The molecule has 2 aromatic carbocycles. The van der Waals surface area contributed by atoms with Crippen LogP contribution in [0.2, 0.25) is 5.02 Å². The normalized spacial score (nSPS) is 18.5. The van der Waals surface area contributed by atoms with E-state index in [1.165, 1.54) is 13.2 Å². The first-order valence-corrected chi connectivity index (χ1v) is 9.49. The van der Waals surface area contributed by atoms with Crippen molar-refractivity contribution in [2.45, 2.75) is 31.3 Å². The van der Waals surface area contributed by atoms with Gasteiger partial charge >= 0.3 is 5.97 Å². The Bertz CT molecular complexity index is 860. The smallest absolute Gasteiger partial charge is 0.320 e. The second-order valence-corrected chi connectivity index (χ2v) is 7.21. The van der Waals surface area contributed by atoms with Gasteiger partial charge in [-0.25, -0.2) is 4.39 Å². The number of methoxy groups -OCH3 is 2. The lowest BCUT2D eigenvalue weighted by atomic mass is 9.91. The average molecular weight is 408 g/mol. The van der Waals surface area contributed by atoms with E-state index in [1.54, 1.807) is 37.4 Å². The lowest BCUT2D eigenvalue weighted by Crippen LogP contribution is -2.47. The van der Waals surface area contributed by atoms with Gasteiger partial charge in [-0.15, -0.1) is 0 Å². The van der Waals surface area contributed by atoms with Crippen LogP contribution in [-0.4, -0.2) is 42.8 Å². The molecule has 0 aliphatic carbocycles. The number of hydrogen-bond acceptors (Lipinski definition) is 4. The van der Waals surface area contributed by atoms with Crippen LogP contribution >= 0.6 is 11.6 Å². The van der Waals surface area contributed by atoms with E-state index in [0.717, 1.165) is 12.8 Å². The van der Waals surface area contributed by atoms with Gasteiger partial charge in [0.05, 0.1) is 20.3 Å². The summed E-state index contributed by atoms with van der Waals surface area (Å²) in [6, 6.07) is 8.69. The van der Waals surface area contributed by atoms with Gasteiger partial charge in [0.1, 0.15) is 11.8 Å². The van der Waals surface area contributed by atoms with Gasteiger partial charge in [0.2, 0.25) is 0 Å². The Labute approximate surface area is 168 Å². The number of carboxylic acids is 1. The van der Waals surface area contributed by atoms with Crippen molar-refractivity contribution in [2.24, 2.45) is 0 Å². The van der Waals surface area contributed by atoms with Crippen molar-refractivity contribution < 1.29 is 23.8 Å². The summed E-state index contributed by atoms with van der Waals surface area (Å²) in [5.41, 5.74) is 1.32. The van der Waals surface area contributed by atoms with E-state index in [9.17, 15) is 14.3 Å². The zero-order valence-corrected chi connectivity index (χ0v) is 16.6. The minimum Gasteiger partial charge on any atom is -0.496 e. The molecule has 1 aliphatic rings. The highest BCUT2D eigenvalue weighted by atomic mass is 35.5. The number of hydrogen-bond donors (Lipinski definition) is 1. The summed E-state index contributed by atoms with van der Waals surface area (Å²) in [4.78, 5) is 13.8. The number of likely N-dealkylation sites (tertiary alicyclic amines) is 1. The number of halogens is 2. The quantitative estimate of drug-likeness (QED) is 0.762. The molecule has 3 rings (SSSR count). The Morgan fingerprint density at radius 2 is 1.89 bits per heavy atom. The van der Waals surface area contributed by atoms with Gasteiger partial charge in [-0.3, -0.25) is 9.69 Å². The van der Waals surface area contributed by atoms with Gasteiger partial charge in [-0.2, -0.15) is 0 Å². The summed E-state index contributed by atoms with van der Waals surface area (Å²) >= 11 is 6.24. The Morgan fingerprint density at radius 1 is 1.18 bits per heavy atom. The molecule has 7 heteroatoms. The van der Waals surface area contributed by atoms with Crippen molar-refractivity contribution in [3.05, 3.63) is 58.4 Å². The molecular weight excluding hydrogens is 385 g/mol. The van der Waals surface area contributed by atoms with Crippen molar-refractivity contribution in [2.75, 3.05) is 20.8 Å². The van der Waals surface area contributed by atoms with Gasteiger partial charge < -0.3 is 14.6 Å². The molecule has 2 aromatic rings. The SMILES string of the molecule is COc1ccc(C(c2cc(Cl)ccc2OC)N2CCCCC2C(=O)O)cc1F. The van der Waals surface area contributed by atoms with Crippen LogP contribution in [-0.2, 0) is 4.79 Å². The summed E-state index contributed by atoms with van der Waals surface area (Å²) in [6.07, 6.45) is 2.24. The molecular formula is C21H23ClFNO4. The number of nitrogens with zero attached hydrogens (tertiary/aromatic N) is 1. The maximum absolute atomic E-state index is 14.5. The monoisotopic (exact) mass is 407 g/mol. The highest BCUT2D eigenvalue weighted by Crippen LogP contribution is 2.40. The van der Waals surface area contributed by atoms with Crippen LogP contribution < -0.4 is 9.47 Å². The highest BCUT2D eigenvalue weighted by Gasteiger charge is 2.36. The first kappa shape index (κ1) is 20.4. The van der Waals surface area contributed by atoms with E-state index in [1.807, 2.05) is 4.90 Å². The summed E-state index contributed by atoms with van der Waals surface area (Å²) in [6.45, 7) is 0.574. The van der Waals surface area contributed by atoms with E-state index < -0.39 is 23.9 Å². The molecule has 150 valence electrons. The molecule has 1 saturated heterocycles. The van der Waals surface area contributed by atoms with E-state index in [0.29, 0.717) is 34.9 Å². The largest absolute Gasteiger partial charge is 0.496 e. The molecule has 5 nitrogen and oxygen atoms in total. The number of carboxylic acid groups (broad SMARTS) is 1. The van der Waals surface area contributed by atoms with Gasteiger partial charge in [-0.1, -0.05) is 24.1 Å². The predicted molar refractivity (Wildman–Crippen MR) is 105 cm³/mol. The first-order valence-electron chi connectivity index (χ1n) is 9.11. The zero-order chi connectivity index (χ0) is 20.3. The van der Waals surface area contributed by atoms with Crippen molar-refractivity contribution in [3.8, 4) is 11.5 Å². The number of carbonyl (C=O) groups is 1. The molecule has 0 spiro atoms. The molecule has 0 saturated carbocycles. The molecule has 1 heterocycles. The maximum atomic E-state index is 14.5. The minimum absolute atomic E-state index is 0.133. The van der Waals surface area contributed by atoms with E-state index >= 15 is 0 Å². The number of benzene rings is 2. The molecule has 0 aromatic heterocycles. The van der Waals surface area contributed by atoms with E-state index in [4.69, 9.17) is 21.1 Å². The van der Waals surface area contributed by atoms with Crippen molar-refractivity contribution in [3.63, 3.8) is 0 Å². The molecule has 0 amide bonds. The minimum atomic E-state index is -0.889. The van der Waals surface area contributed by atoms with Crippen molar-refractivity contribution in [1.82, 2.24) is 4.90 Å². The lowest BCUT2D eigenvalue weighted by molar-refractivity contribution is -0.145. The van der Waals surface area contributed by atoms with Crippen LogP contribution in [0.3, 0.4) is 0 Å². The number of aliphatic carboxylic acids is 1. The maximum Gasteiger partial charge on any atom is 0.320 e. The topological polar surface area (TPSA) is 59.0 Å². The fraction of sp³-hybridized carbons (Fsp3) is 0.381. The Balaban J connectivity index is 2.18. The van der Waals surface area contributed by atoms with E-state index in [-0.39, 0.29) is 5.75 Å². The van der Waals surface area contributed by atoms with Crippen molar-refractivity contribution in [1.29, 1.82) is 0 Å². The van der Waals surface area contributed by atoms with Gasteiger partial charge in [0.15, 0.2) is 11.6 Å². The zero-order valence-electron chi connectivity index (χ0n) is 15.8. The fourth-order valence-electron chi connectivity index (χ4n) is 3.85. The van der Waals surface area contributed by atoms with Crippen LogP contribution in [0.25, 0.3) is 0 Å². The summed E-state index contributed by atoms with van der Waals surface area (Å²) in [5, 5.41) is 10.3. The van der Waals surface area contributed by atoms with Crippen LogP contribution in [0.15, 0.2) is 36.4 Å². The number of piperidine rings is 1. The molecule has 0 radical (unpaired) electrons. The number of ether oxygens (including phenoxy) is 2. The molecule has 28 heavy (non-hydrogen) atoms. The summed E-state index contributed by atoms with van der Waals surface area (Å²) < 4.78 is 25.0. The van der Waals surface area contributed by atoms with Crippen LogP contribution in [0.4, 0.5) is 4.39 Å². The van der Waals surface area contributed by atoms with Crippen LogP contribution in [0.5, 0.6) is 11.5 Å². The average Bonchev–Trinajstić information content (AvgIpc) is 2.69. The Morgan fingerprint density at radius 3 is 2.54 bits per heavy atom. The third-order valence-corrected chi connectivity index (χ3v) is 5.37. The summed E-state index contributed by atoms with van der Waals surface area (Å²) in [5.74, 6) is -0.691. The second kappa shape index (κ2) is 8.80. The lowest BCUT2D eigenvalue weighted by Gasteiger charge is -2.40. The molecule has 1 aliphatic heterocycles. The molecule has 2 atom stereocenters. The fourth-order valence-corrected chi connectivity index (χ4v) is 4.03. The summed E-state index contributed by atoms with van der Waals surface area (Å²) in [7, 11) is 2.95. The third-order valence-electron chi connectivity index (χ3n) is 5.14. The van der Waals surface area contributed by atoms with E-state index in [2.05, 4.69) is 0 Å². The van der Waals surface area contributed by atoms with Gasteiger partial charge in [0, 0.05) is 10.6 Å². The van der Waals surface area contributed by atoms with Gasteiger partial charge in [0.25, 0.3) is 0 Å². The molecule has 2 unspecified atom stereocenters. The third kappa shape index (κ3) is 4.08. The number of rotatable bonds is 6. The molecule has 1 fully saturated rings.